The lowest BCUT2D eigenvalue weighted by atomic mass is 9.99. The van der Waals surface area contributed by atoms with Gasteiger partial charge in [0.1, 0.15) is 5.82 Å². The standard InChI is InChI=1S/C16H19N3OS/c1-10(2)11-4-6-12(7-5-11)15-13-8-17-19(3)16(13)18-14(20)9-21-15/h4-8,10,15H,9H2,1-3H3,(H,18,20)/t15-/m0/s1. The fourth-order valence-corrected chi connectivity index (χ4v) is 3.64. The van der Waals surface area contributed by atoms with Gasteiger partial charge in [-0.3, -0.25) is 9.48 Å². The molecule has 0 bridgehead atoms. The fourth-order valence-electron chi connectivity index (χ4n) is 2.55. The second kappa shape index (κ2) is 5.56. The van der Waals surface area contributed by atoms with Gasteiger partial charge in [-0.2, -0.15) is 5.10 Å². The first kappa shape index (κ1) is 14.2. The van der Waals surface area contributed by atoms with Gasteiger partial charge >= 0.3 is 0 Å². The van der Waals surface area contributed by atoms with Gasteiger partial charge in [0, 0.05) is 12.6 Å². The number of aromatic nitrogens is 2. The van der Waals surface area contributed by atoms with Gasteiger partial charge in [-0.1, -0.05) is 38.1 Å². The molecule has 2 heterocycles. The van der Waals surface area contributed by atoms with Crippen molar-refractivity contribution >= 4 is 23.5 Å². The Bertz CT molecular complexity index is 661. The van der Waals surface area contributed by atoms with Crippen LogP contribution in [0.3, 0.4) is 0 Å². The Morgan fingerprint density at radius 2 is 2.05 bits per heavy atom. The summed E-state index contributed by atoms with van der Waals surface area (Å²) in [6.07, 6.45) is 1.86. The Balaban J connectivity index is 1.99. The first-order valence-corrected chi connectivity index (χ1v) is 8.14. The van der Waals surface area contributed by atoms with Gasteiger partial charge in [0.15, 0.2) is 0 Å². The van der Waals surface area contributed by atoms with Crippen LogP contribution in [-0.4, -0.2) is 21.4 Å². The molecule has 110 valence electrons. The SMILES string of the molecule is CC(C)c1ccc([C@@H]2SCC(=O)Nc3c2cnn3C)cc1. The lowest BCUT2D eigenvalue weighted by Gasteiger charge is -2.15. The average Bonchev–Trinajstić information content (AvgIpc) is 2.72. The number of anilines is 1. The number of benzene rings is 1. The molecular weight excluding hydrogens is 282 g/mol. The molecule has 4 nitrogen and oxygen atoms in total. The summed E-state index contributed by atoms with van der Waals surface area (Å²) in [5.74, 6) is 1.83. The van der Waals surface area contributed by atoms with Crippen molar-refractivity contribution in [3.63, 3.8) is 0 Å². The molecule has 3 rings (SSSR count). The highest BCUT2D eigenvalue weighted by molar-refractivity contribution is 8.00. The third-order valence-corrected chi connectivity index (χ3v) is 5.08. The summed E-state index contributed by atoms with van der Waals surface area (Å²) in [6, 6.07) is 8.69. The molecule has 0 saturated heterocycles. The first-order chi connectivity index (χ1) is 10.1. The largest absolute Gasteiger partial charge is 0.310 e. The van der Waals surface area contributed by atoms with Crippen LogP contribution in [0.4, 0.5) is 5.82 Å². The predicted octanol–water partition coefficient (Wildman–Crippen LogP) is 3.32. The van der Waals surface area contributed by atoms with Crippen LogP contribution in [0.2, 0.25) is 0 Å². The second-order valence-corrected chi connectivity index (χ2v) is 6.73. The molecule has 0 aliphatic carbocycles. The smallest absolute Gasteiger partial charge is 0.235 e. The molecule has 1 N–H and O–H groups in total. The zero-order valence-electron chi connectivity index (χ0n) is 12.5. The number of thioether (sulfide) groups is 1. The van der Waals surface area contributed by atoms with Crippen LogP contribution in [0.5, 0.6) is 0 Å². The number of rotatable bonds is 2. The van der Waals surface area contributed by atoms with Crippen molar-refractivity contribution in [3.8, 4) is 0 Å². The number of carbonyl (C=O) groups is 1. The van der Waals surface area contributed by atoms with Crippen LogP contribution < -0.4 is 5.32 Å². The molecule has 1 amide bonds. The van der Waals surface area contributed by atoms with E-state index in [1.165, 1.54) is 11.1 Å². The quantitative estimate of drug-likeness (QED) is 0.925. The Morgan fingerprint density at radius 3 is 2.71 bits per heavy atom. The molecule has 1 aliphatic heterocycles. The Hall–Kier alpha value is -1.75. The van der Waals surface area contributed by atoms with Crippen molar-refractivity contribution in [3.05, 3.63) is 47.2 Å². The summed E-state index contributed by atoms with van der Waals surface area (Å²) >= 11 is 1.65. The molecule has 0 unspecified atom stereocenters. The molecular formula is C16H19N3OS. The summed E-state index contributed by atoms with van der Waals surface area (Å²) in [7, 11) is 1.86. The Labute approximate surface area is 128 Å². The van der Waals surface area contributed by atoms with Gasteiger partial charge in [-0.05, 0) is 17.0 Å². The molecule has 5 heteroatoms. The highest BCUT2D eigenvalue weighted by atomic mass is 32.2. The molecule has 0 radical (unpaired) electrons. The minimum absolute atomic E-state index is 0.0335. The number of carbonyl (C=O) groups excluding carboxylic acids is 1. The third-order valence-electron chi connectivity index (χ3n) is 3.79. The lowest BCUT2D eigenvalue weighted by molar-refractivity contribution is -0.113. The highest BCUT2D eigenvalue weighted by Crippen LogP contribution is 2.41. The summed E-state index contributed by atoms with van der Waals surface area (Å²) in [5, 5.41) is 7.37. The van der Waals surface area contributed by atoms with E-state index < -0.39 is 0 Å². The van der Waals surface area contributed by atoms with Crippen molar-refractivity contribution in [2.75, 3.05) is 11.1 Å². The van der Waals surface area contributed by atoms with E-state index in [1.54, 1.807) is 16.4 Å². The lowest BCUT2D eigenvalue weighted by Crippen LogP contribution is -2.15. The van der Waals surface area contributed by atoms with E-state index in [0.29, 0.717) is 11.7 Å². The molecule has 0 saturated carbocycles. The van der Waals surface area contributed by atoms with Crippen LogP contribution in [0.15, 0.2) is 30.5 Å². The van der Waals surface area contributed by atoms with Crippen LogP contribution in [0.25, 0.3) is 0 Å². The zero-order chi connectivity index (χ0) is 15.0. The topological polar surface area (TPSA) is 46.9 Å². The fraction of sp³-hybridized carbons (Fsp3) is 0.375. The van der Waals surface area contributed by atoms with E-state index in [2.05, 4.69) is 48.5 Å². The highest BCUT2D eigenvalue weighted by Gasteiger charge is 2.26. The Kier molecular flexibility index (Phi) is 3.76. The molecule has 0 fully saturated rings. The van der Waals surface area contributed by atoms with Crippen LogP contribution >= 0.6 is 11.8 Å². The maximum absolute atomic E-state index is 11.8. The summed E-state index contributed by atoms with van der Waals surface area (Å²) in [5.41, 5.74) is 3.62. The van der Waals surface area contributed by atoms with Crippen LogP contribution in [0.1, 0.15) is 41.7 Å². The minimum Gasteiger partial charge on any atom is -0.310 e. The van der Waals surface area contributed by atoms with E-state index in [0.717, 1.165) is 11.4 Å². The Morgan fingerprint density at radius 1 is 1.33 bits per heavy atom. The molecule has 2 aromatic rings. The van der Waals surface area contributed by atoms with Gasteiger partial charge in [0.25, 0.3) is 0 Å². The normalized spacial score (nSPS) is 18.3. The van der Waals surface area contributed by atoms with Crippen LogP contribution in [-0.2, 0) is 11.8 Å². The van der Waals surface area contributed by atoms with E-state index in [9.17, 15) is 4.79 Å². The average molecular weight is 301 g/mol. The number of nitrogens with zero attached hydrogens (tertiary/aromatic N) is 2. The van der Waals surface area contributed by atoms with Gasteiger partial charge in [0.05, 0.1) is 17.2 Å². The third kappa shape index (κ3) is 2.70. The van der Waals surface area contributed by atoms with E-state index in [-0.39, 0.29) is 11.2 Å². The van der Waals surface area contributed by atoms with Crippen molar-refractivity contribution in [1.82, 2.24) is 9.78 Å². The number of hydrogen-bond donors (Lipinski definition) is 1. The van der Waals surface area contributed by atoms with Gasteiger partial charge < -0.3 is 5.32 Å². The molecule has 1 atom stereocenters. The number of nitrogens with one attached hydrogen (secondary N) is 1. The number of aryl methyl sites for hydroxylation is 1. The van der Waals surface area contributed by atoms with Gasteiger partial charge in [-0.15, -0.1) is 11.8 Å². The maximum Gasteiger partial charge on any atom is 0.235 e. The number of fused-ring (bicyclic) bond motifs is 1. The molecule has 1 aromatic carbocycles. The van der Waals surface area contributed by atoms with Crippen molar-refractivity contribution in [2.24, 2.45) is 7.05 Å². The summed E-state index contributed by atoms with van der Waals surface area (Å²) in [6.45, 7) is 4.38. The molecule has 0 spiro atoms. The first-order valence-electron chi connectivity index (χ1n) is 7.09. The predicted molar refractivity (Wildman–Crippen MR) is 86.7 cm³/mol. The van der Waals surface area contributed by atoms with Crippen LogP contribution in [0, 0.1) is 0 Å². The summed E-state index contributed by atoms with van der Waals surface area (Å²) < 4.78 is 1.73. The number of amides is 1. The second-order valence-electron chi connectivity index (χ2n) is 5.63. The zero-order valence-corrected chi connectivity index (χ0v) is 13.3. The van der Waals surface area contributed by atoms with Crippen molar-refractivity contribution < 1.29 is 4.79 Å². The summed E-state index contributed by atoms with van der Waals surface area (Å²) in [4.78, 5) is 11.8. The maximum atomic E-state index is 11.8. The van der Waals surface area contributed by atoms with E-state index in [4.69, 9.17) is 0 Å². The van der Waals surface area contributed by atoms with Crippen molar-refractivity contribution in [1.29, 1.82) is 0 Å². The van der Waals surface area contributed by atoms with E-state index >= 15 is 0 Å². The van der Waals surface area contributed by atoms with Gasteiger partial charge in [-0.25, -0.2) is 0 Å². The monoisotopic (exact) mass is 301 g/mol. The molecule has 1 aliphatic rings. The van der Waals surface area contributed by atoms with E-state index in [1.807, 2.05) is 13.2 Å². The van der Waals surface area contributed by atoms with Crippen molar-refractivity contribution in [2.45, 2.75) is 25.0 Å². The molecule has 21 heavy (non-hydrogen) atoms. The molecule has 1 aromatic heterocycles. The minimum atomic E-state index is 0.0335. The van der Waals surface area contributed by atoms with Gasteiger partial charge in [0.2, 0.25) is 5.91 Å². The number of hydrogen-bond acceptors (Lipinski definition) is 3.